The second kappa shape index (κ2) is 10.8. The molecular weight excluding hydrogens is 356 g/mol. The molecule has 1 rings (SSSR count). The second-order valence-corrected chi connectivity index (χ2v) is 8.46. The van der Waals surface area contributed by atoms with E-state index in [1.165, 1.54) is 12.7 Å². The number of carbonyl (C=O) groups is 3. The first-order valence-corrected chi connectivity index (χ1v) is 9.80. The Bertz CT molecular complexity index is 660. The molecule has 6 heteroatoms. The fourth-order valence-electron chi connectivity index (χ4n) is 2.77. The number of amides is 2. The van der Waals surface area contributed by atoms with Crippen LogP contribution >= 0.6 is 0 Å². The molecule has 28 heavy (non-hydrogen) atoms. The van der Waals surface area contributed by atoms with Crippen LogP contribution in [-0.4, -0.2) is 37.5 Å². The van der Waals surface area contributed by atoms with Crippen molar-refractivity contribution < 1.29 is 19.1 Å². The summed E-state index contributed by atoms with van der Waals surface area (Å²) in [4.78, 5) is 36.0. The van der Waals surface area contributed by atoms with Gasteiger partial charge in [-0.05, 0) is 41.9 Å². The highest BCUT2D eigenvalue weighted by Crippen LogP contribution is 2.22. The van der Waals surface area contributed by atoms with Gasteiger partial charge in [0.25, 0.3) is 5.91 Å². The number of carbonyl (C=O) groups excluding carboxylic acids is 3. The normalized spacial score (nSPS) is 12.4. The molecule has 0 aliphatic carbocycles. The van der Waals surface area contributed by atoms with Crippen LogP contribution in [0.1, 0.15) is 69.8 Å². The molecule has 6 nitrogen and oxygen atoms in total. The number of nitrogens with one attached hydrogen (secondary N) is 2. The van der Waals surface area contributed by atoms with Gasteiger partial charge in [-0.3, -0.25) is 9.59 Å². The number of rotatable bonds is 9. The fraction of sp³-hybridized carbons (Fsp3) is 0.591. The van der Waals surface area contributed by atoms with Crippen molar-refractivity contribution in [2.75, 3.05) is 13.7 Å². The van der Waals surface area contributed by atoms with E-state index in [9.17, 15) is 14.4 Å². The number of methoxy groups -OCH3 is 1. The molecule has 1 atom stereocenters. The summed E-state index contributed by atoms with van der Waals surface area (Å²) >= 11 is 0. The molecule has 0 bridgehead atoms. The Morgan fingerprint density at radius 3 is 2.18 bits per heavy atom. The molecule has 0 heterocycles. The van der Waals surface area contributed by atoms with Gasteiger partial charge in [0.2, 0.25) is 5.91 Å². The smallest absolute Gasteiger partial charge is 0.328 e. The number of esters is 1. The van der Waals surface area contributed by atoms with Gasteiger partial charge >= 0.3 is 5.97 Å². The molecule has 0 aromatic heterocycles. The van der Waals surface area contributed by atoms with Crippen LogP contribution in [0.25, 0.3) is 0 Å². The zero-order valence-electron chi connectivity index (χ0n) is 17.9. The third kappa shape index (κ3) is 8.11. The Kier molecular flexibility index (Phi) is 9.16. The van der Waals surface area contributed by atoms with Gasteiger partial charge < -0.3 is 15.4 Å². The van der Waals surface area contributed by atoms with Crippen molar-refractivity contribution in [3.8, 4) is 0 Å². The highest BCUT2D eigenvalue weighted by atomic mass is 16.5. The van der Waals surface area contributed by atoms with E-state index in [4.69, 9.17) is 4.74 Å². The highest BCUT2D eigenvalue weighted by Gasteiger charge is 2.22. The lowest BCUT2D eigenvalue weighted by Crippen LogP contribution is -2.42. The standard InChI is InChI=1S/C22H34N2O4/c1-15(2)14-18(21(27)28-6)24-19(25)8-7-13-23-20(26)16-9-11-17(12-10-16)22(3,4)5/h9-12,15,18H,7-8,13-14H2,1-6H3,(H,23,26)(H,24,25). The zero-order chi connectivity index (χ0) is 21.3. The SMILES string of the molecule is COC(=O)C(CC(C)C)NC(=O)CCCNC(=O)c1ccc(C(C)(C)C)cc1. The van der Waals surface area contributed by atoms with Gasteiger partial charge in [0, 0.05) is 18.5 Å². The number of benzene rings is 1. The van der Waals surface area contributed by atoms with Gasteiger partial charge in [-0.15, -0.1) is 0 Å². The van der Waals surface area contributed by atoms with Gasteiger partial charge in [-0.2, -0.15) is 0 Å². The third-order valence-electron chi connectivity index (χ3n) is 4.41. The summed E-state index contributed by atoms with van der Waals surface area (Å²) in [7, 11) is 1.31. The summed E-state index contributed by atoms with van der Waals surface area (Å²) in [6.45, 7) is 10.7. The molecule has 1 aromatic carbocycles. The lowest BCUT2D eigenvalue weighted by atomic mass is 9.87. The molecule has 1 unspecified atom stereocenters. The van der Waals surface area contributed by atoms with Gasteiger partial charge in [-0.25, -0.2) is 4.79 Å². The van der Waals surface area contributed by atoms with Crippen LogP contribution < -0.4 is 10.6 Å². The number of hydrogen-bond acceptors (Lipinski definition) is 4. The summed E-state index contributed by atoms with van der Waals surface area (Å²) in [5.41, 5.74) is 1.81. The van der Waals surface area contributed by atoms with E-state index >= 15 is 0 Å². The Morgan fingerprint density at radius 2 is 1.68 bits per heavy atom. The van der Waals surface area contributed by atoms with Gasteiger partial charge in [0.05, 0.1) is 7.11 Å². The summed E-state index contributed by atoms with van der Waals surface area (Å²) in [6, 6.07) is 6.92. The molecule has 0 radical (unpaired) electrons. The van der Waals surface area contributed by atoms with Crippen LogP contribution in [-0.2, 0) is 19.7 Å². The molecule has 156 valence electrons. The monoisotopic (exact) mass is 390 g/mol. The molecule has 0 saturated heterocycles. The summed E-state index contributed by atoms with van der Waals surface area (Å²) in [6.07, 6.45) is 1.25. The lowest BCUT2D eigenvalue weighted by Gasteiger charge is -2.19. The molecule has 0 aliphatic rings. The fourth-order valence-corrected chi connectivity index (χ4v) is 2.77. The van der Waals surface area contributed by atoms with Crippen molar-refractivity contribution in [2.24, 2.45) is 5.92 Å². The average Bonchev–Trinajstić information content (AvgIpc) is 2.62. The third-order valence-corrected chi connectivity index (χ3v) is 4.41. The molecule has 2 N–H and O–H groups in total. The van der Waals surface area contributed by atoms with Crippen LogP contribution in [0, 0.1) is 5.92 Å². The van der Waals surface area contributed by atoms with Crippen LogP contribution in [0.5, 0.6) is 0 Å². The molecular formula is C22H34N2O4. The number of ether oxygens (including phenoxy) is 1. The van der Waals surface area contributed by atoms with E-state index in [1.807, 2.05) is 38.1 Å². The molecule has 2 amide bonds. The second-order valence-electron chi connectivity index (χ2n) is 8.46. The predicted molar refractivity (Wildman–Crippen MR) is 110 cm³/mol. The Labute approximate surface area is 168 Å². The van der Waals surface area contributed by atoms with E-state index in [2.05, 4.69) is 31.4 Å². The molecule has 1 aromatic rings. The van der Waals surface area contributed by atoms with Gasteiger partial charge in [-0.1, -0.05) is 46.8 Å². The first-order chi connectivity index (χ1) is 13.0. The lowest BCUT2D eigenvalue weighted by molar-refractivity contribution is -0.145. The predicted octanol–water partition coefficient (Wildman–Crippen LogP) is 3.20. The van der Waals surface area contributed by atoms with E-state index in [0.717, 1.165) is 0 Å². The van der Waals surface area contributed by atoms with Crippen LogP contribution in [0.3, 0.4) is 0 Å². The minimum absolute atomic E-state index is 0.0417. The van der Waals surface area contributed by atoms with Gasteiger partial charge in [0.15, 0.2) is 0 Å². The Hall–Kier alpha value is -2.37. The van der Waals surface area contributed by atoms with E-state index in [0.29, 0.717) is 24.9 Å². The van der Waals surface area contributed by atoms with Gasteiger partial charge in [0.1, 0.15) is 6.04 Å². The summed E-state index contributed by atoms with van der Waals surface area (Å²) in [5, 5.41) is 5.53. The van der Waals surface area contributed by atoms with Crippen LogP contribution in [0.4, 0.5) is 0 Å². The summed E-state index contributed by atoms with van der Waals surface area (Å²) in [5.74, 6) is -0.560. The van der Waals surface area contributed by atoms with Crippen molar-refractivity contribution >= 4 is 17.8 Å². The van der Waals surface area contributed by atoms with Crippen LogP contribution in [0.15, 0.2) is 24.3 Å². The number of hydrogen-bond donors (Lipinski definition) is 2. The largest absolute Gasteiger partial charge is 0.467 e. The Balaban J connectivity index is 2.41. The minimum Gasteiger partial charge on any atom is -0.467 e. The molecule has 0 saturated carbocycles. The first-order valence-electron chi connectivity index (χ1n) is 9.80. The van der Waals surface area contributed by atoms with Crippen molar-refractivity contribution in [3.63, 3.8) is 0 Å². The van der Waals surface area contributed by atoms with Crippen molar-refractivity contribution in [2.45, 2.75) is 65.3 Å². The van der Waals surface area contributed by atoms with E-state index < -0.39 is 12.0 Å². The Morgan fingerprint density at radius 1 is 1.07 bits per heavy atom. The molecule has 0 aliphatic heterocycles. The maximum atomic E-state index is 12.2. The first kappa shape index (κ1) is 23.7. The highest BCUT2D eigenvalue weighted by molar-refractivity contribution is 5.94. The maximum absolute atomic E-state index is 12.2. The zero-order valence-corrected chi connectivity index (χ0v) is 17.9. The topological polar surface area (TPSA) is 84.5 Å². The summed E-state index contributed by atoms with van der Waals surface area (Å²) < 4.78 is 4.74. The van der Waals surface area contributed by atoms with E-state index in [1.54, 1.807) is 0 Å². The van der Waals surface area contributed by atoms with E-state index in [-0.39, 0.29) is 29.6 Å². The van der Waals surface area contributed by atoms with Crippen molar-refractivity contribution in [3.05, 3.63) is 35.4 Å². The molecule has 0 fully saturated rings. The molecule has 0 spiro atoms. The van der Waals surface area contributed by atoms with Crippen LogP contribution in [0.2, 0.25) is 0 Å². The van der Waals surface area contributed by atoms with Crippen molar-refractivity contribution in [1.82, 2.24) is 10.6 Å². The average molecular weight is 391 g/mol. The van der Waals surface area contributed by atoms with Crippen molar-refractivity contribution in [1.29, 1.82) is 0 Å². The minimum atomic E-state index is -0.631. The maximum Gasteiger partial charge on any atom is 0.328 e. The quantitative estimate of drug-likeness (QED) is 0.501.